The summed E-state index contributed by atoms with van der Waals surface area (Å²) in [5, 5.41) is 11.5. The van der Waals surface area contributed by atoms with Crippen LogP contribution in [0.3, 0.4) is 0 Å². The summed E-state index contributed by atoms with van der Waals surface area (Å²) in [5.41, 5.74) is 0. The van der Waals surface area contributed by atoms with Crippen LogP contribution in [0.4, 0.5) is 0 Å². The number of hydrogen-bond acceptors (Lipinski definition) is 2. The minimum atomic E-state index is -0.942. The molecule has 0 saturated carbocycles. The smallest absolute Gasteiger partial charge is 0.326 e. The van der Waals surface area contributed by atoms with Gasteiger partial charge in [-0.15, -0.1) is 0 Å². The van der Waals surface area contributed by atoms with E-state index in [1.807, 2.05) is 0 Å². The molecule has 0 aromatic rings. The topological polar surface area (TPSA) is 66.4 Å². The molecule has 140 valence electrons. The molecule has 0 aliphatic carbocycles. The summed E-state index contributed by atoms with van der Waals surface area (Å²) in [6.07, 6.45) is 19.6. The molecule has 24 heavy (non-hydrogen) atoms. The summed E-state index contributed by atoms with van der Waals surface area (Å²) >= 11 is 0. The fourth-order valence-electron chi connectivity index (χ4n) is 2.75. The number of rotatable bonds is 16. The number of hydrogen-bond donors (Lipinski definition) is 2. The van der Waals surface area contributed by atoms with Crippen molar-refractivity contribution < 1.29 is 14.7 Å². The van der Waals surface area contributed by atoms with Crippen molar-refractivity contribution in [3.8, 4) is 0 Å². The lowest BCUT2D eigenvalue weighted by atomic mass is 10.1. The van der Waals surface area contributed by atoms with Crippen LogP contribution in [-0.2, 0) is 9.59 Å². The molecule has 0 saturated heterocycles. The highest BCUT2D eigenvalue weighted by molar-refractivity contribution is 5.81. The highest BCUT2D eigenvalue weighted by Crippen LogP contribution is 2.10. The summed E-state index contributed by atoms with van der Waals surface area (Å²) in [4.78, 5) is 21.9. The fourth-order valence-corrected chi connectivity index (χ4v) is 2.75. The van der Waals surface area contributed by atoms with Crippen LogP contribution in [0.15, 0.2) is 12.2 Å². The molecule has 0 aliphatic heterocycles. The van der Waals surface area contributed by atoms with E-state index < -0.39 is 12.0 Å². The average molecular weight is 340 g/mol. The monoisotopic (exact) mass is 339 g/mol. The molecule has 0 fully saturated rings. The van der Waals surface area contributed by atoms with E-state index in [-0.39, 0.29) is 5.91 Å². The molecule has 0 heterocycles. The van der Waals surface area contributed by atoms with Crippen LogP contribution >= 0.6 is 0 Å². The van der Waals surface area contributed by atoms with Gasteiger partial charge in [-0.3, -0.25) is 4.79 Å². The molecule has 1 unspecified atom stereocenters. The molecule has 0 rings (SSSR count). The third kappa shape index (κ3) is 15.6. The normalized spacial score (nSPS) is 12.4. The molecule has 0 bridgehead atoms. The van der Waals surface area contributed by atoms with Crippen molar-refractivity contribution in [2.75, 3.05) is 0 Å². The zero-order valence-electron chi connectivity index (χ0n) is 15.7. The van der Waals surface area contributed by atoms with Gasteiger partial charge in [0.2, 0.25) is 5.91 Å². The SMILES string of the molecule is CCCCCCCCC=CCCCCCCC(NC(C)=O)C(=O)O. The maximum absolute atomic E-state index is 11.0. The Morgan fingerprint density at radius 1 is 0.875 bits per heavy atom. The lowest BCUT2D eigenvalue weighted by Gasteiger charge is -2.12. The molecule has 4 heteroatoms. The molecule has 0 aromatic heterocycles. The quantitative estimate of drug-likeness (QED) is 0.299. The standard InChI is InChI=1S/C20H37NO3/c1-3-4-5-6-7-8-9-10-11-12-13-14-15-16-17-19(20(23)24)21-18(2)22/h10-11,19H,3-9,12-17H2,1-2H3,(H,21,22)(H,23,24). The third-order valence-electron chi connectivity index (χ3n) is 4.18. The van der Waals surface area contributed by atoms with Crippen LogP contribution in [0.2, 0.25) is 0 Å². The molecule has 4 nitrogen and oxygen atoms in total. The van der Waals surface area contributed by atoms with E-state index in [0.29, 0.717) is 6.42 Å². The summed E-state index contributed by atoms with van der Waals surface area (Å²) in [7, 11) is 0. The Morgan fingerprint density at radius 2 is 1.38 bits per heavy atom. The van der Waals surface area contributed by atoms with Crippen molar-refractivity contribution in [3.05, 3.63) is 12.2 Å². The van der Waals surface area contributed by atoms with E-state index in [9.17, 15) is 9.59 Å². The third-order valence-corrected chi connectivity index (χ3v) is 4.18. The molecule has 1 amide bonds. The van der Waals surface area contributed by atoms with Gasteiger partial charge >= 0.3 is 5.97 Å². The van der Waals surface area contributed by atoms with E-state index in [1.165, 1.54) is 51.9 Å². The van der Waals surface area contributed by atoms with Gasteiger partial charge in [0, 0.05) is 6.92 Å². The van der Waals surface area contributed by atoms with Crippen molar-refractivity contribution in [1.29, 1.82) is 0 Å². The first-order valence-corrected chi connectivity index (χ1v) is 9.72. The Balaban J connectivity index is 3.42. The summed E-state index contributed by atoms with van der Waals surface area (Å²) in [6, 6.07) is -0.736. The summed E-state index contributed by atoms with van der Waals surface area (Å²) in [5.74, 6) is -1.22. The maximum Gasteiger partial charge on any atom is 0.326 e. The Hall–Kier alpha value is -1.32. The number of aliphatic carboxylic acids is 1. The second-order valence-corrected chi connectivity index (χ2v) is 6.61. The Bertz CT molecular complexity index is 353. The van der Waals surface area contributed by atoms with Crippen LogP contribution < -0.4 is 5.32 Å². The van der Waals surface area contributed by atoms with E-state index in [4.69, 9.17) is 5.11 Å². The Kier molecular flexibility index (Phi) is 15.6. The van der Waals surface area contributed by atoms with Crippen molar-refractivity contribution in [1.82, 2.24) is 5.32 Å². The van der Waals surface area contributed by atoms with E-state index >= 15 is 0 Å². The van der Waals surface area contributed by atoms with Crippen molar-refractivity contribution in [3.63, 3.8) is 0 Å². The number of carbonyl (C=O) groups excluding carboxylic acids is 1. The van der Waals surface area contributed by atoms with Crippen molar-refractivity contribution in [2.24, 2.45) is 0 Å². The lowest BCUT2D eigenvalue weighted by molar-refractivity contribution is -0.141. The predicted octanol–water partition coefficient (Wildman–Crippen LogP) is 5.22. The van der Waals surface area contributed by atoms with Crippen LogP contribution in [0, 0.1) is 0 Å². The van der Waals surface area contributed by atoms with E-state index in [0.717, 1.165) is 32.1 Å². The Labute approximate surface area is 148 Å². The van der Waals surface area contributed by atoms with Gasteiger partial charge in [-0.25, -0.2) is 4.79 Å². The number of amides is 1. The molecule has 0 aromatic carbocycles. The largest absolute Gasteiger partial charge is 0.480 e. The Morgan fingerprint density at radius 3 is 1.88 bits per heavy atom. The molecule has 0 aliphatic rings. The highest BCUT2D eigenvalue weighted by atomic mass is 16.4. The van der Waals surface area contributed by atoms with Crippen LogP contribution in [-0.4, -0.2) is 23.0 Å². The van der Waals surface area contributed by atoms with Crippen molar-refractivity contribution in [2.45, 2.75) is 103 Å². The van der Waals surface area contributed by atoms with Gasteiger partial charge in [0.15, 0.2) is 0 Å². The number of carboxylic acid groups (broad SMARTS) is 1. The van der Waals surface area contributed by atoms with Gasteiger partial charge in [-0.2, -0.15) is 0 Å². The summed E-state index contributed by atoms with van der Waals surface area (Å²) < 4.78 is 0. The minimum absolute atomic E-state index is 0.280. The van der Waals surface area contributed by atoms with Gasteiger partial charge in [0.05, 0.1) is 0 Å². The fraction of sp³-hybridized carbons (Fsp3) is 0.800. The van der Waals surface area contributed by atoms with E-state index in [1.54, 1.807) is 0 Å². The lowest BCUT2D eigenvalue weighted by Crippen LogP contribution is -2.39. The van der Waals surface area contributed by atoms with Gasteiger partial charge in [0.25, 0.3) is 0 Å². The van der Waals surface area contributed by atoms with Crippen LogP contribution in [0.1, 0.15) is 97.3 Å². The van der Waals surface area contributed by atoms with Gasteiger partial charge in [-0.1, -0.05) is 70.4 Å². The first-order chi connectivity index (χ1) is 11.6. The van der Waals surface area contributed by atoms with Gasteiger partial charge in [0.1, 0.15) is 6.04 Å². The molecule has 1 atom stereocenters. The molecule has 0 radical (unpaired) electrons. The number of carboxylic acids is 1. The second-order valence-electron chi connectivity index (χ2n) is 6.61. The first-order valence-electron chi connectivity index (χ1n) is 9.72. The summed E-state index contributed by atoms with van der Waals surface area (Å²) in [6.45, 7) is 3.60. The molecule has 0 spiro atoms. The van der Waals surface area contributed by atoms with Crippen molar-refractivity contribution >= 4 is 11.9 Å². The van der Waals surface area contributed by atoms with Crippen LogP contribution in [0.25, 0.3) is 0 Å². The van der Waals surface area contributed by atoms with E-state index in [2.05, 4.69) is 24.4 Å². The zero-order chi connectivity index (χ0) is 18.0. The number of unbranched alkanes of at least 4 members (excludes halogenated alkanes) is 10. The number of carbonyl (C=O) groups is 2. The zero-order valence-corrected chi connectivity index (χ0v) is 15.7. The van der Waals surface area contributed by atoms with Crippen LogP contribution in [0.5, 0.6) is 0 Å². The number of allylic oxidation sites excluding steroid dienone is 2. The average Bonchev–Trinajstić information content (AvgIpc) is 2.53. The first kappa shape index (κ1) is 22.7. The highest BCUT2D eigenvalue weighted by Gasteiger charge is 2.17. The molecular formula is C20H37NO3. The predicted molar refractivity (Wildman–Crippen MR) is 100 cm³/mol. The second kappa shape index (κ2) is 16.5. The molecular weight excluding hydrogens is 302 g/mol. The minimum Gasteiger partial charge on any atom is -0.480 e. The maximum atomic E-state index is 11.0. The van der Waals surface area contributed by atoms with Gasteiger partial charge in [-0.05, 0) is 32.1 Å². The number of nitrogens with one attached hydrogen (secondary N) is 1. The van der Waals surface area contributed by atoms with Gasteiger partial charge < -0.3 is 10.4 Å². The molecule has 2 N–H and O–H groups in total.